The van der Waals surface area contributed by atoms with Crippen molar-refractivity contribution in [3.63, 3.8) is 0 Å². The van der Waals surface area contributed by atoms with E-state index >= 15 is 0 Å². The van der Waals surface area contributed by atoms with E-state index in [9.17, 15) is 13.5 Å². The van der Waals surface area contributed by atoms with Gasteiger partial charge in [0.25, 0.3) is 0 Å². The van der Waals surface area contributed by atoms with E-state index in [-0.39, 0.29) is 5.75 Å². The van der Waals surface area contributed by atoms with Gasteiger partial charge in [-0.25, -0.2) is 8.42 Å². The molecule has 0 spiro atoms. The molecule has 4 nitrogen and oxygen atoms in total. The van der Waals surface area contributed by atoms with E-state index in [4.69, 9.17) is 0 Å². The second kappa shape index (κ2) is 3.97. The van der Waals surface area contributed by atoms with Crippen LogP contribution in [0.15, 0.2) is 18.2 Å². The van der Waals surface area contributed by atoms with Crippen LogP contribution in [0.4, 0.5) is 5.69 Å². The largest absolute Gasteiger partial charge is 0.508 e. The molecule has 0 fully saturated rings. The van der Waals surface area contributed by atoms with Crippen molar-refractivity contribution in [3.8, 4) is 5.75 Å². The van der Waals surface area contributed by atoms with E-state index in [1.807, 2.05) is 0 Å². The van der Waals surface area contributed by atoms with Crippen LogP contribution < -0.4 is 4.72 Å². The van der Waals surface area contributed by atoms with Crippen LogP contribution in [0, 0.1) is 6.92 Å². The number of aryl methyl sites for hydroxylation is 1. The number of nitrogens with one attached hydrogen (secondary N) is 1. The predicted molar refractivity (Wildman–Crippen MR) is 65.1 cm³/mol. The van der Waals surface area contributed by atoms with Crippen LogP contribution in [0.5, 0.6) is 5.75 Å². The Kier molecular flexibility index (Phi) is 3.19. The van der Waals surface area contributed by atoms with Crippen molar-refractivity contribution in [3.05, 3.63) is 23.8 Å². The van der Waals surface area contributed by atoms with Gasteiger partial charge in [-0.05, 0) is 51.5 Å². The van der Waals surface area contributed by atoms with Crippen molar-refractivity contribution in [1.29, 1.82) is 0 Å². The van der Waals surface area contributed by atoms with Crippen molar-refractivity contribution in [2.45, 2.75) is 32.4 Å². The second-order valence-electron chi connectivity index (χ2n) is 4.72. The third kappa shape index (κ3) is 2.66. The van der Waals surface area contributed by atoms with Gasteiger partial charge in [0, 0.05) is 5.69 Å². The van der Waals surface area contributed by atoms with Gasteiger partial charge in [0.2, 0.25) is 10.0 Å². The average Bonchev–Trinajstić information content (AvgIpc) is 2.09. The molecule has 0 amide bonds. The van der Waals surface area contributed by atoms with Crippen LogP contribution >= 0.6 is 0 Å². The highest BCUT2D eigenvalue weighted by Crippen LogP contribution is 2.23. The van der Waals surface area contributed by atoms with Crippen molar-refractivity contribution in [1.82, 2.24) is 0 Å². The summed E-state index contributed by atoms with van der Waals surface area (Å²) in [6.07, 6.45) is 0. The Bertz CT molecular complexity index is 486. The van der Waals surface area contributed by atoms with Gasteiger partial charge in [0.05, 0.1) is 4.75 Å². The summed E-state index contributed by atoms with van der Waals surface area (Å²) in [5, 5.41) is 9.32. The highest BCUT2D eigenvalue weighted by atomic mass is 32.2. The normalized spacial score (nSPS) is 12.5. The van der Waals surface area contributed by atoms with E-state index in [1.165, 1.54) is 12.1 Å². The number of phenolic OH excluding ortho intramolecular Hbond substituents is 1. The molecule has 0 radical (unpaired) electrons. The monoisotopic (exact) mass is 243 g/mol. The highest BCUT2D eigenvalue weighted by Gasteiger charge is 2.28. The first-order valence-corrected chi connectivity index (χ1v) is 6.44. The van der Waals surface area contributed by atoms with Gasteiger partial charge in [0.15, 0.2) is 0 Å². The molecule has 2 N–H and O–H groups in total. The van der Waals surface area contributed by atoms with E-state index in [1.54, 1.807) is 33.8 Å². The first-order valence-electron chi connectivity index (χ1n) is 4.95. The van der Waals surface area contributed by atoms with Gasteiger partial charge in [-0.2, -0.15) is 0 Å². The number of aromatic hydroxyl groups is 1. The second-order valence-corrected chi connectivity index (χ2v) is 7.15. The number of benzene rings is 1. The molecular weight excluding hydrogens is 226 g/mol. The predicted octanol–water partition coefficient (Wildman–Crippen LogP) is 2.24. The van der Waals surface area contributed by atoms with Crippen LogP contribution in [0.25, 0.3) is 0 Å². The Labute approximate surface area is 96.4 Å². The summed E-state index contributed by atoms with van der Waals surface area (Å²) in [5.74, 6) is 0.152. The standard InChI is InChI=1S/C11H17NO3S/c1-8-7-9(5-6-10(8)13)12-16(14,15)11(2,3)4/h5-7,12-13H,1-4H3. The Morgan fingerprint density at radius 2 is 1.81 bits per heavy atom. The Morgan fingerprint density at radius 1 is 1.25 bits per heavy atom. The van der Waals surface area contributed by atoms with Crippen LogP contribution in [-0.4, -0.2) is 18.3 Å². The zero-order valence-electron chi connectivity index (χ0n) is 9.90. The summed E-state index contributed by atoms with van der Waals surface area (Å²) < 4.78 is 25.3. The van der Waals surface area contributed by atoms with Gasteiger partial charge >= 0.3 is 0 Å². The number of rotatable bonds is 2. The molecule has 0 unspecified atom stereocenters. The average molecular weight is 243 g/mol. The topological polar surface area (TPSA) is 66.4 Å². The first kappa shape index (κ1) is 12.8. The molecule has 0 saturated carbocycles. The van der Waals surface area contributed by atoms with Gasteiger partial charge < -0.3 is 5.11 Å². The first-order chi connectivity index (χ1) is 7.13. The van der Waals surface area contributed by atoms with Crippen molar-refractivity contribution < 1.29 is 13.5 Å². The minimum Gasteiger partial charge on any atom is -0.508 e. The lowest BCUT2D eigenvalue weighted by atomic mass is 10.2. The zero-order chi connectivity index (χ0) is 12.6. The van der Waals surface area contributed by atoms with Gasteiger partial charge in [0.1, 0.15) is 5.75 Å². The van der Waals surface area contributed by atoms with E-state index in [0.717, 1.165) is 0 Å². The SMILES string of the molecule is Cc1cc(NS(=O)(=O)C(C)(C)C)ccc1O. The summed E-state index contributed by atoms with van der Waals surface area (Å²) in [6, 6.07) is 4.60. The number of hydrogen-bond acceptors (Lipinski definition) is 3. The molecule has 0 aliphatic carbocycles. The molecule has 0 aromatic heterocycles. The number of anilines is 1. The Balaban J connectivity index is 3.03. The fourth-order valence-corrected chi connectivity index (χ4v) is 1.77. The fraction of sp³-hybridized carbons (Fsp3) is 0.455. The molecule has 0 aliphatic heterocycles. The zero-order valence-corrected chi connectivity index (χ0v) is 10.7. The van der Waals surface area contributed by atoms with Crippen LogP contribution in [0.2, 0.25) is 0 Å². The van der Waals surface area contributed by atoms with Crippen LogP contribution in [-0.2, 0) is 10.0 Å². The van der Waals surface area contributed by atoms with E-state index in [0.29, 0.717) is 11.3 Å². The lowest BCUT2D eigenvalue weighted by Gasteiger charge is -2.20. The Morgan fingerprint density at radius 3 is 2.25 bits per heavy atom. The molecule has 5 heteroatoms. The smallest absolute Gasteiger partial charge is 0.237 e. The summed E-state index contributed by atoms with van der Waals surface area (Å²) >= 11 is 0. The van der Waals surface area contributed by atoms with Gasteiger partial charge in [-0.15, -0.1) is 0 Å². The molecule has 0 heterocycles. The maximum Gasteiger partial charge on any atom is 0.237 e. The van der Waals surface area contributed by atoms with Crippen molar-refractivity contribution in [2.75, 3.05) is 4.72 Å². The molecule has 16 heavy (non-hydrogen) atoms. The van der Waals surface area contributed by atoms with E-state index < -0.39 is 14.8 Å². The third-order valence-corrected chi connectivity index (χ3v) is 4.37. The molecule has 90 valence electrons. The third-order valence-electron chi connectivity index (χ3n) is 2.26. The molecule has 0 bridgehead atoms. The van der Waals surface area contributed by atoms with Crippen LogP contribution in [0.3, 0.4) is 0 Å². The fourth-order valence-electron chi connectivity index (χ4n) is 1.03. The summed E-state index contributed by atoms with van der Waals surface area (Å²) in [6.45, 7) is 6.60. The number of phenols is 1. The number of sulfonamides is 1. The van der Waals surface area contributed by atoms with Crippen LogP contribution in [0.1, 0.15) is 26.3 Å². The number of hydrogen-bond donors (Lipinski definition) is 2. The summed E-state index contributed by atoms with van der Waals surface area (Å²) in [5.41, 5.74) is 1.10. The minimum absolute atomic E-state index is 0.152. The summed E-state index contributed by atoms with van der Waals surface area (Å²) in [4.78, 5) is 0. The molecule has 0 saturated heterocycles. The highest BCUT2D eigenvalue weighted by molar-refractivity contribution is 7.94. The molecule has 0 aliphatic rings. The molecule has 1 rings (SSSR count). The molecule has 0 atom stereocenters. The van der Waals surface area contributed by atoms with Crippen molar-refractivity contribution >= 4 is 15.7 Å². The van der Waals surface area contributed by atoms with E-state index in [2.05, 4.69) is 4.72 Å². The Hall–Kier alpha value is -1.23. The van der Waals surface area contributed by atoms with Gasteiger partial charge in [-0.1, -0.05) is 0 Å². The summed E-state index contributed by atoms with van der Waals surface area (Å²) in [7, 11) is -3.41. The lowest BCUT2D eigenvalue weighted by Crippen LogP contribution is -2.33. The quantitative estimate of drug-likeness (QED) is 0.783. The van der Waals surface area contributed by atoms with Gasteiger partial charge in [-0.3, -0.25) is 4.72 Å². The minimum atomic E-state index is -3.41. The maximum absolute atomic E-state index is 11.8. The van der Waals surface area contributed by atoms with Crippen molar-refractivity contribution in [2.24, 2.45) is 0 Å². The maximum atomic E-state index is 11.8. The molecule has 1 aromatic carbocycles. The molecule has 1 aromatic rings. The molecular formula is C11H17NO3S. The lowest BCUT2D eigenvalue weighted by molar-refractivity contribution is 0.471.